The second kappa shape index (κ2) is 4.96. The van der Waals surface area contributed by atoms with Gasteiger partial charge in [0, 0.05) is 12.7 Å². The molecule has 22 heavy (non-hydrogen) atoms. The molecule has 0 saturated heterocycles. The van der Waals surface area contributed by atoms with E-state index in [0.29, 0.717) is 0 Å². The molecule has 2 N–H and O–H groups in total. The van der Waals surface area contributed by atoms with E-state index in [1.807, 2.05) is 33.0 Å². The SMILES string of the molecule is Cc1ccc(C(N)c2ccc3c(c2)C(C)(C)C(=O)N3C)cc1. The van der Waals surface area contributed by atoms with Crippen LogP contribution in [0.1, 0.15) is 42.1 Å². The summed E-state index contributed by atoms with van der Waals surface area (Å²) in [6, 6.07) is 14.2. The van der Waals surface area contributed by atoms with Gasteiger partial charge in [0.1, 0.15) is 0 Å². The Morgan fingerprint density at radius 3 is 2.27 bits per heavy atom. The number of hydrogen-bond donors (Lipinski definition) is 1. The number of aryl methyl sites for hydroxylation is 1. The van der Waals surface area contributed by atoms with Crippen molar-refractivity contribution >= 4 is 11.6 Å². The van der Waals surface area contributed by atoms with Crippen molar-refractivity contribution in [3.05, 3.63) is 64.7 Å². The molecule has 3 rings (SSSR count). The van der Waals surface area contributed by atoms with Crippen LogP contribution in [0.25, 0.3) is 0 Å². The number of anilines is 1. The molecule has 3 heteroatoms. The Kier molecular flexibility index (Phi) is 3.33. The van der Waals surface area contributed by atoms with Crippen molar-refractivity contribution in [3.63, 3.8) is 0 Å². The van der Waals surface area contributed by atoms with Crippen molar-refractivity contribution in [2.24, 2.45) is 5.73 Å². The van der Waals surface area contributed by atoms with Gasteiger partial charge in [0.15, 0.2) is 0 Å². The lowest BCUT2D eigenvalue weighted by Crippen LogP contribution is -2.33. The molecule has 0 radical (unpaired) electrons. The van der Waals surface area contributed by atoms with E-state index in [1.54, 1.807) is 4.90 Å². The van der Waals surface area contributed by atoms with Gasteiger partial charge in [-0.1, -0.05) is 42.0 Å². The van der Waals surface area contributed by atoms with E-state index in [-0.39, 0.29) is 11.9 Å². The van der Waals surface area contributed by atoms with Gasteiger partial charge in [-0.15, -0.1) is 0 Å². The minimum atomic E-state index is -0.493. The van der Waals surface area contributed by atoms with Gasteiger partial charge in [0.25, 0.3) is 0 Å². The number of rotatable bonds is 2. The molecule has 114 valence electrons. The highest BCUT2D eigenvalue weighted by molar-refractivity contribution is 6.07. The Morgan fingerprint density at radius 2 is 1.64 bits per heavy atom. The highest BCUT2D eigenvalue weighted by Gasteiger charge is 2.42. The molecule has 0 aromatic heterocycles. The number of benzene rings is 2. The van der Waals surface area contributed by atoms with Crippen LogP contribution in [-0.2, 0) is 10.2 Å². The summed E-state index contributed by atoms with van der Waals surface area (Å²) in [5.74, 6) is 0.128. The van der Waals surface area contributed by atoms with E-state index in [0.717, 1.165) is 22.4 Å². The van der Waals surface area contributed by atoms with Crippen LogP contribution in [-0.4, -0.2) is 13.0 Å². The highest BCUT2D eigenvalue weighted by atomic mass is 16.2. The first-order chi connectivity index (χ1) is 10.3. The van der Waals surface area contributed by atoms with Crippen LogP contribution in [0.15, 0.2) is 42.5 Å². The van der Waals surface area contributed by atoms with E-state index >= 15 is 0 Å². The molecule has 1 heterocycles. The number of hydrogen-bond acceptors (Lipinski definition) is 2. The van der Waals surface area contributed by atoms with E-state index in [4.69, 9.17) is 5.73 Å². The van der Waals surface area contributed by atoms with Gasteiger partial charge in [-0.2, -0.15) is 0 Å². The normalized spacial score (nSPS) is 17.5. The van der Waals surface area contributed by atoms with Crippen LogP contribution in [0.2, 0.25) is 0 Å². The Balaban J connectivity index is 2.03. The molecule has 0 spiro atoms. The summed E-state index contributed by atoms with van der Waals surface area (Å²) < 4.78 is 0. The Hall–Kier alpha value is -2.13. The molecule has 3 nitrogen and oxygen atoms in total. The molecular formula is C19H22N2O. The smallest absolute Gasteiger partial charge is 0.236 e. The molecule has 2 aromatic carbocycles. The number of fused-ring (bicyclic) bond motifs is 1. The minimum absolute atomic E-state index is 0.128. The third kappa shape index (κ3) is 2.13. The monoisotopic (exact) mass is 294 g/mol. The molecule has 1 aliphatic rings. The zero-order valence-corrected chi connectivity index (χ0v) is 13.6. The number of carbonyl (C=O) groups excluding carboxylic acids is 1. The Bertz CT molecular complexity index is 732. The molecule has 1 atom stereocenters. The van der Waals surface area contributed by atoms with Gasteiger partial charge in [-0.05, 0) is 43.5 Å². The standard InChI is InChI=1S/C19H22N2O/c1-12-5-7-13(8-6-12)17(20)14-9-10-16-15(11-14)19(2,3)18(22)21(16)4/h5-11,17H,20H2,1-4H3. The van der Waals surface area contributed by atoms with Crippen LogP contribution in [0, 0.1) is 6.92 Å². The summed E-state index contributed by atoms with van der Waals surface area (Å²) in [5, 5.41) is 0. The zero-order valence-electron chi connectivity index (χ0n) is 13.6. The number of amides is 1. The second-order valence-corrected chi connectivity index (χ2v) is 6.65. The predicted octanol–water partition coefficient (Wildman–Crippen LogP) is 3.30. The van der Waals surface area contributed by atoms with Crippen molar-refractivity contribution in [3.8, 4) is 0 Å². The molecular weight excluding hydrogens is 272 g/mol. The number of nitrogens with two attached hydrogens (primary N) is 1. The first kappa shape index (κ1) is 14.8. The van der Waals surface area contributed by atoms with Crippen molar-refractivity contribution in [1.82, 2.24) is 0 Å². The average molecular weight is 294 g/mol. The van der Waals surface area contributed by atoms with Gasteiger partial charge in [-0.25, -0.2) is 0 Å². The quantitative estimate of drug-likeness (QED) is 0.923. The van der Waals surface area contributed by atoms with E-state index < -0.39 is 5.41 Å². The average Bonchev–Trinajstić information content (AvgIpc) is 2.68. The molecule has 2 aromatic rings. The lowest BCUT2D eigenvalue weighted by Gasteiger charge is -2.18. The third-order valence-electron chi connectivity index (χ3n) is 4.69. The maximum Gasteiger partial charge on any atom is 0.236 e. The topological polar surface area (TPSA) is 46.3 Å². The molecule has 0 aliphatic carbocycles. The zero-order chi connectivity index (χ0) is 16.1. The molecule has 0 saturated carbocycles. The maximum atomic E-state index is 12.4. The number of likely N-dealkylation sites (N-methyl/N-ethyl adjacent to an activating group) is 1. The first-order valence-corrected chi connectivity index (χ1v) is 7.57. The van der Waals surface area contributed by atoms with Crippen molar-refractivity contribution in [1.29, 1.82) is 0 Å². The summed E-state index contributed by atoms with van der Waals surface area (Å²) in [4.78, 5) is 14.1. The summed E-state index contributed by atoms with van der Waals surface area (Å²) in [6.07, 6.45) is 0. The van der Waals surface area contributed by atoms with Gasteiger partial charge in [0.05, 0.1) is 11.5 Å². The van der Waals surface area contributed by atoms with Crippen LogP contribution >= 0.6 is 0 Å². The fourth-order valence-corrected chi connectivity index (χ4v) is 3.15. The maximum absolute atomic E-state index is 12.4. The van der Waals surface area contributed by atoms with E-state index in [2.05, 4.69) is 37.3 Å². The summed E-state index contributed by atoms with van der Waals surface area (Å²) in [7, 11) is 1.83. The molecule has 0 bridgehead atoms. The first-order valence-electron chi connectivity index (χ1n) is 7.57. The minimum Gasteiger partial charge on any atom is -0.320 e. The van der Waals surface area contributed by atoms with Crippen molar-refractivity contribution < 1.29 is 4.79 Å². The molecule has 0 fully saturated rings. The number of nitrogens with zero attached hydrogens (tertiary/aromatic N) is 1. The van der Waals surface area contributed by atoms with Crippen LogP contribution in [0.5, 0.6) is 0 Å². The van der Waals surface area contributed by atoms with E-state index in [1.165, 1.54) is 5.56 Å². The van der Waals surface area contributed by atoms with Crippen molar-refractivity contribution in [2.75, 3.05) is 11.9 Å². The number of carbonyl (C=O) groups is 1. The van der Waals surface area contributed by atoms with Gasteiger partial charge < -0.3 is 10.6 Å². The molecule has 1 amide bonds. The van der Waals surface area contributed by atoms with Gasteiger partial charge in [-0.3, -0.25) is 4.79 Å². The van der Waals surface area contributed by atoms with Gasteiger partial charge >= 0.3 is 0 Å². The Labute approximate surface area is 131 Å². The summed E-state index contributed by atoms with van der Waals surface area (Å²) in [5.41, 5.74) is 11.3. The fourth-order valence-electron chi connectivity index (χ4n) is 3.15. The lowest BCUT2D eigenvalue weighted by atomic mass is 9.84. The lowest BCUT2D eigenvalue weighted by molar-refractivity contribution is -0.121. The van der Waals surface area contributed by atoms with E-state index in [9.17, 15) is 4.79 Å². The van der Waals surface area contributed by atoms with Crippen LogP contribution in [0.3, 0.4) is 0 Å². The summed E-state index contributed by atoms with van der Waals surface area (Å²) in [6.45, 7) is 6.01. The Morgan fingerprint density at radius 1 is 1.05 bits per heavy atom. The second-order valence-electron chi connectivity index (χ2n) is 6.65. The fraction of sp³-hybridized carbons (Fsp3) is 0.316. The largest absolute Gasteiger partial charge is 0.320 e. The third-order valence-corrected chi connectivity index (χ3v) is 4.69. The van der Waals surface area contributed by atoms with Gasteiger partial charge in [0.2, 0.25) is 5.91 Å². The molecule has 1 unspecified atom stereocenters. The van der Waals surface area contributed by atoms with Crippen LogP contribution in [0.4, 0.5) is 5.69 Å². The predicted molar refractivity (Wildman–Crippen MR) is 90.1 cm³/mol. The highest BCUT2D eigenvalue weighted by Crippen LogP contribution is 2.42. The summed E-state index contributed by atoms with van der Waals surface area (Å²) >= 11 is 0. The van der Waals surface area contributed by atoms with Crippen LogP contribution < -0.4 is 10.6 Å². The van der Waals surface area contributed by atoms with Crippen molar-refractivity contribution in [2.45, 2.75) is 32.2 Å². The molecule has 1 aliphatic heterocycles.